The molecule has 1 aromatic heterocycles. The van der Waals surface area contributed by atoms with E-state index < -0.39 is 54.5 Å². The SMILES string of the molecule is COc1cc(-c2cc(=O)c3c(O)cc(O[C@@H]4OC(CO)[C@@H](O)[C@H](OC(=O)/C=C/c5ccc(O)cc5)C4O)cc3o2)ccc1O. The maximum absolute atomic E-state index is 12.9. The minimum absolute atomic E-state index is 0.0413. The third kappa shape index (κ3) is 6.31. The number of carbonyl (C=O) groups is 1. The van der Waals surface area contributed by atoms with E-state index in [1.165, 1.54) is 49.6 Å². The molecule has 6 N–H and O–H groups in total. The van der Waals surface area contributed by atoms with Gasteiger partial charge in [-0.2, -0.15) is 0 Å². The van der Waals surface area contributed by atoms with Gasteiger partial charge < -0.3 is 54.0 Å². The molecule has 0 amide bonds. The smallest absolute Gasteiger partial charge is 0.331 e. The highest BCUT2D eigenvalue weighted by Gasteiger charge is 2.47. The summed E-state index contributed by atoms with van der Waals surface area (Å²) in [5.41, 5.74) is 0.278. The van der Waals surface area contributed by atoms with Crippen LogP contribution in [0.15, 0.2) is 76.0 Å². The van der Waals surface area contributed by atoms with Crippen molar-refractivity contribution in [2.45, 2.75) is 30.7 Å². The van der Waals surface area contributed by atoms with E-state index in [2.05, 4.69) is 0 Å². The quantitative estimate of drug-likeness (QED) is 0.125. The maximum atomic E-state index is 12.9. The van der Waals surface area contributed by atoms with E-state index in [0.29, 0.717) is 11.1 Å². The number of aliphatic hydroxyl groups excluding tert-OH is 3. The van der Waals surface area contributed by atoms with E-state index in [9.17, 15) is 40.2 Å². The van der Waals surface area contributed by atoms with Gasteiger partial charge in [-0.05, 0) is 42.0 Å². The molecule has 3 aromatic carbocycles. The molecule has 1 saturated heterocycles. The molecule has 0 radical (unpaired) electrons. The van der Waals surface area contributed by atoms with E-state index in [1.807, 2.05) is 0 Å². The first-order valence-electron chi connectivity index (χ1n) is 13.2. The summed E-state index contributed by atoms with van der Waals surface area (Å²) in [5.74, 6) is -1.42. The number of benzene rings is 3. The fraction of sp³-hybridized carbons (Fsp3) is 0.226. The normalized spacial score (nSPS) is 21.8. The fourth-order valence-electron chi connectivity index (χ4n) is 4.63. The Morgan fingerprint density at radius 3 is 2.41 bits per heavy atom. The summed E-state index contributed by atoms with van der Waals surface area (Å²) in [4.78, 5) is 25.4. The molecule has 0 saturated carbocycles. The summed E-state index contributed by atoms with van der Waals surface area (Å²) >= 11 is 0. The zero-order valence-corrected chi connectivity index (χ0v) is 23.1. The number of methoxy groups -OCH3 is 1. The van der Waals surface area contributed by atoms with Gasteiger partial charge in [-0.1, -0.05) is 12.1 Å². The van der Waals surface area contributed by atoms with Gasteiger partial charge in [0, 0.05) is 29.8 Å². The molecule has 13 heteroatoms. The lowest BCUT2D eigenvalue weighted by Gasteiger charge is -2.41. The highest BCUT2D eigenvalue weighted by atomic mass is 16.7. The molecule has 0 aliphatic carbocycles. The highest BCUT2D eigenvalue weighted by Crippen LogP contribution is 2.35. The summed E-state index contributed by atoms with van der Waals surface area (Å²) in [5, 5.41) is 61.1. The number of phenols is 3. The maximum Gasteiger partial charge on any atom is 0.331 e. The Bertz CT molecular complexity index is 1740. The summed E-state index contributed by atoms with van der Waals surface area (Å²) in [6.07, 6.45) is -5.48. The largest absolute Gasteiger partial charge is 0.508 e. The van der Waals surface area contributed by atoms with Gasteiger partial charge in [-0.15, -0.1) is 0 Å². The van der Waals surface area contributed by atoms with Gasteiger partial charge in [0.1, 0.15) is 46.2 Å². The van der Waals surface area contributed by atoms with E-state index in [4.69, 9.17) is 23.4 Å². The van der Waals surface area contributed by atoms with E-state index in [-0.39, 0.29) is 39.7 Å². The number of rotatable bonds is 8. The third-order valence-electron chi connectivity index (χ3n) is 6.88. The number of carbonyl (C=O) groups excluding carboxylic acids is 1. The summed E-state index contributed by atoms with van der Waals surface area (Å²) in [6, 6.07) is 13.7. The Balaban J connectivity index is 1.40. The van der Waals surface area contributed by atoms with E-state index in [1.54, 1.807) is 12.1 Å². The molecule has 2 unspecified atom stereocenters. The number of aromatic hydroxyl groups is 3. The Kier molecular flexibility index (Phi) is 8.73. The van der Waals surface area contributed by atoms with Crippen LogP contribution in [0.2, 0.25) is 0 Å². The number of hydrogen-bond acceptors (Lipinski definition) is 13. The van der Waals surface area contributed by atoms with Gasteiger partial charge >= 0.3 is 5.97 Å². The molecule has 5 atom stereocenters. The van der Waals surface area contributed by atoms with Crippen LogP contribution < -0.4 is 14.9 Å². The highest BCUT2D eigenvalue weighted by molar-refractivity contribution is 5.87. The van der Waals surface area contributed by atoms with E-state index >= 15 is 0 Å². The molecule has 2 heterocycles. The minimum atomic E-state index is -1.76. The Morgan fingerprint density at radius 2 is 1.70 bits per heavy atom. The molecule has 0 spiro atoms. The van der Waals surface area contributed by atoms with Crippen LogP contribution in [0.25, 0.3) is 28.4 Å². The van der Waals surface area contributed by atoms with Crippen LogP contribution in [0.4, 0.5) is 0 Å². The standard InChI is InChI=1S/C31H28O13/c1-40-23-10-16(5-8-19(23)34)22-13-21(36)27-20(35)11-18(12-24(27)42-22)41-31-29(39)30(28(38)25(14-32)43-31)44-26(37)9-4-15-2-6-17(33)7-3-15/h2-13,25,28-35,38-39H,14H2,1H3/b9-4+/t25?,28-,29?,30+,31-/m1/s1. The lowest BCUT2D eigenvalue weighted by Crippen LogP contribution is -2.61. The van der Waals surface area contributed by atoms with Crippen LogP contribution in [0.3, 0.4) is 0 Å². The number of aliphatic hydroxyl groups is 3. The average molecular weight is 609 g/mol. The van der Waals surface area contributed by atoms with Crippen LogP contribution in [0, 0.1) is 0 Å². The first kappa shape index (κ1) is 30.4. The summed E-state index contributed by atoms with van der Waals surface area (Å²) < 4.78 is 27.5. The lowest BCUT2D eigenvalue weighted by molar-refractivity contribution is -0.280. The number of fused-ring (bicyclic) bond motifs is 1. The van der Waals surface area contributed by atoms with Crippen molar-refractivity contribution in [1.29, 1.82) is 0 Å². The zero-order valence-electron chi connectivity index (χ0n) is 23.1. The van der Waals surface area contributed by atoms with Gasteiger partial charge in [0.2, 0.25) is 6.29 Å². The molecular weight excluding hydrogens is 580 g/mol. The van der Waals surface area contributed by atoms with Crippen molar-refractivity contribution in [3.05, 3.63) is 82.5 Å². The lowest BCUT2D eigenvalue weighted by atomic mass is 9.99. The van der Waals surface area contributed by atoms with Crippen molar-refractivity contribution in [3.63, 3.8) is 0 Å². The van der Waals surface area contributed by atoms with Crippen molar-refractivity contribution in [2.75, 3.05) is 13.7 Å². The number of ether oxygens (including phenoxy) is 4. The molecule has 13 nitrogen and oxygen atoms in total. The second kappa shape index (κ2) is 12.7. The van der Waals surface area contributed by atoms with Crippen molar-refractivity contribution in [1.82, 2.24) is 0 Å². The molecule has 1 fully saturated rings. The Morgan fingerprint density at radius 1 is 0.955 bits per heavy atom. The van der Waals surface area contributed by atoms with Crippen molar-refractivity contribution < 1.29 is 58.8 Å². The van der Waals surface area contributed by atoms with Gasteiger partial charge in [0.15, 0.2) is 29.1 Å². The molecule has 0 bridgehead atoms. The number of esters is 1. The Hall–Kier alpha value is -5.08. The van der Waals surface area contributed by atoms with Gasteiger partial charge in [-0.3, -0.25) is 4.79 Å². The molecule has 4 aromatic rings. The van der Waals surface area contributed by atoms with E-state index in [0.717, 1.165) is 18.2 Å². The molecule has 5 rings (SSSR count). The molecular formula is C31H28O13. The monoisotopic (exact) mass is 608 g/mol. The van der Waals surface area contributed by atoms with Crippen molar-refractivity contribution >= 4 is 23.0 Å². The van der Waals surface area contributed by atoms with Crippen LogP contribution in [-0.2, 0) is 14.3 Å². The molecule has 230 valence electrons. The fourth-order valence-corrected chi connectivity index (χ4v) is 4.63. The van der Waals surface area contributed by atoms with Crippen LogP contribution in [0.5, 0.6) is 28.7 Å². The van der Waals surface area contributed by atoms with Gasteiger partial charge in [0.05, 0.1) is 13.7 Å². The second-order valence-corrected chi connectivity index (χ2v) is 9.83. The second-order valence-electron chi connectivity index (χ2n) is 9.83. The average Bonchev–Trinajstić information content (AvgIpc) is 3.00. The first-order valence-corrected chi connectivity index (χ1v) is 13.2. The summed E-state index contributed by atoms with van der Waals surface area (Å²) in [6.45, 7) is -0.720. The molecule has 1 aliphatic rings. The topological polar surface area (TPSA) is 206 Å². The number of phenolic OH excluding ortho intramolecular Hbond substituents is 3. The summed E-state index contributed by atoms with van der Waals surface area (Å²) in [7, 11) is 1.36. The van der Waals surface area contributed by atoms with Crippen LogP contribution >= 0.6 is 0 Å². The number of hydrogen-bond donors (Lipinski definition) is 6. The predicted molar refractivity (Wildman–Crippen MR) is 153 cm³/mol. The van der Waals surface area contributed by atoms with Gasteiger partial charge in [-0.25, -0.2) is 4.79 Å². The third-order valence-corrected chi connectivity index (χ3v) is 6.88. The van der Waals surface area contributed by atoms with Crippen molar-refractivity contribution in [2.24, 2.45) is 0 Å². The van der Waals surface area contributed by atoms with Crippen LogP contribution in [0.1, 0.15) is 5.56 Å². The van der Waals surface area contributed by atoms with Gasteiger partial charge in [0.25, 0.3) is 0 Å². The first-order chi connectivity index (χ1) is 21.1. The Labute approximate surface area is 249 Å². The zero-order chi connectivity index (χ0) is 31.5. The molecule has 44 heavy (non-hydrogen) atoms. The minimum Gasteiger partial charge on any atom is -0.508 e. The predicted octanol–water partition coefficient (Wildman–Crippen LogP) is 2.03. The molecule has 1 aliphatic heterocycles. The van der Waals surface area contributed by atoms with Crippen LogP contribution in [-0.4, -0.2) is 81.0 Å². The van der Waals surface area contributed by atoms with Crippen molar-refractivity contribution in [3.8, 4) is 40.1 Å².